The number of carbonyl (C=O) groups is 1. The first-order valence-electron chi connectivity index (χ1n) is 4.29. The second-order valence-electron chi connectivity index (χ2n) is 3.37. The third-order valence-corrected chi connectivity index (χ3v) is 2.00. The second-order valence-corrected chi connectivity index (χ2v) is 3.37. The van der Waals surface area contributed by atoms with Crippen molar-refractivity contribution in [1.82, 2.24) is 10.2 Å². The van der Waals surface area contributed by atoms with E-state index in [0.717, 1.165) is 19.5 Å². The van der Waals surface area contributed by atoms with Crippen molar-refractivity contribution >= 4 is 5.78 Å². The maximum Gasteiger partial charge on any atom is 0.161 e. The lowest BCUT2D eigenvalue weighted by Crippen LogP contribution is -2.16. The predicted molar refractivity (Wildman–Crippen MR) is 48.8 cm³/mol. The van der Waals surface area contributed by atoms with Gasteiger partial charge in [0.15, 0.2) is 5.78 Å². The fourth-order valence-corrected chi connectivity index (χ4v) is 1.26. The highest BCUT2D eigenvalue weighted by Gasteiger charge is 2.19. The number of carbonyl (C=O) groups excluding carboxylic acids is 1. The molecule has 1 rings (SSSR count). The summed E-state index contributed by atoms with van der Waals surface area (Å²) in [7, 11) is 3.83. The number of allylic oxidation sites excluding steroid dienone is 1. The molecule has 0 aliphatic carbocycles. The number of ketones is 1. The molecule has 0 bridgehead atoms. The smallest absolute Gasteiger partial charge is 0.161 e. The number of nitrogens with zero attached hydrogens (tertiary/aromatic N) is 1. The molecule has 68 valence electrons. The Labute approximate surface area is 73.4 Å². The van der Waals surface area contributed by atoms with Gasteiger partial charge in [0.25, 0.3) is 0 Å². The molecule has 1 heterocycles. The van der Waals surface area contributed by atoms with Crippen LogP contribution in [0, 0.1) is 5.92 Å². The summed E-state index contributed by atoms with van der Waals surface area (Å²) in [6.45, 7) is 1.82. The van der Waals surface area contributed by atoms with Gasteiger partial charge in [-0.3, -0.25) is 4.79 Å². The highest BCUT2D eigenvalue weighted by molar-refractivity contribution is 5.92. The van der Waals surface area contributed by atoms with Gasteiger partial charge in [0.1, 0.15) is 0 Å². The fraction of sp³-hybridized carbons (Fsp3) is 0.667. The number of rotatable bonds is 3. The average molecular weight is 168 g/mol. The first kappa shape index (κ1) is 9.26. The molecule has 1 fully saturated rings. The Morgan fingerprint density at radius 2 is 2.33 bits per heavy atom. The van der Waals surface area contributed by atoms with E-state index in [1.807, 2.05) is 19.0 Å². The van der Waals surface area contributed by atoms with E-state index in [4.69, 9.17) is 0 Å². The molecular formula is C9H16N2O. The molecule has 3 nitrogen and oxygen atoms in total. The summed E-state index contributed by atoms with van der Waals surface area (Å²) in [4.78, 5) is 13.3. The van der Waals surface area contributed by atoms with Gasteiger partial charge in [-0.2, -0.15) is 0 Å². The first-order chi connectivity index (χ1) is 5.70. The molecule has 0 amide bonds. The van der Waals surface area contributed by atoms with Crippen LogP contribution in [0.2, 0.25) is 0 Å². The Morgan fingerprint density at radius 1 is 1.58 bits per heavy atom. The lowest BCUT2D eigenvalue weighted by molar-refractivity contribution is -0.117. The van der Waals surface area contributed by atoms with E-state index in [1.54, 1.807) is 12.3 Å². The van der Waals surface area contributed by atoms with Gasteiger partial charge >= 0.3 is 0 Å². The molecule has 0 aromatic rings. The zero-order valence-electron chi connectivity index (χ0n) is 7.71. The maximum absolute atomic E-state index is 11.4. The maximum atomic E-state index is 11.4. The minimum Gasteiger partial charge on any atom is -0.383 e. The van der Waals surface area contributed by atoms with Gasteiger partial charge in [-0.15, -0.1) is 0 Å². The highest BCUT2D eigenvalue weighted by atomic mass is 16.1. The van der Waals surface area contributed by atoms with Gasteiger partial charge in [-0.25, -0.2) is 0 Å². The van der Waals surface area contributed by atoms with Crippen LogP contribution in [0.25, 0.3) is 0 Å². The summed E-state index contributed by atoms with van der Waals surface area (Å²) in [5, 5.41) is 3.17. The van der Waals surface area contributed by atoms with E-state index in [9.17, 15) is 4.79 Å². The van der Waals surface area contributed by atoms with Crippen molar-refractivity contribution in [2.75, 3.05) is 27.2 Å². The molecule has 1 unspecified atom stereocenters. The van der Waals surface area contributed by atoms with Crippen molar-refractivity contribution in [3.8, 4) is 0 Å². The van der Waals surface area contributed by atoms with Gasteiger partial charge in [-0.05, 0) is 19.0 Å². The molecule has 12 heavy (non-hydrogen) atoms. The van der Waals surface area contributed by atoms with E-state index in [2.05, 4.69) is 5.32 Å². The van der Waals surface area contributed by atoms with E-state index < -0.39 is 0 Å². The topological polar surface area (TPSA) is 32.3 Å². The number of hydrogen-bond donors (Lipinski definition) is 1. The standard InChI is InChI=1S/C9H16N2O/c1-11(2)6-4-9(12)8-3-5-10-7-8/h4,6,8,10H,3,5,7H2,1-2H3. The molecule has 0 spiro atoms. The zero-order valence-corrected chi connectivity index (χ0v) is 7.71. The van der Waals surface area contributed by atoms with Crippen LogP contribution in [-0.4, -0.2) is 37.9 Å². The zero-order chi connectivity index (χ0) is 8.97. The summed E-state index contributed by atoms with van der Waals surface area (Å²) in [5.74, 6) is 0.454. The lowest BCUT2D eigenvalue weighted by atomic mass is 10.0. The number of nitrogens with one attached hydrogen (secondary N) is 1. The fourth-order valence-electron chi connectivity index (χ4n) is 1.26. The molecule has 0 aromatic carbocycles. The summed E-state index contributed by atoms with van der Waals surface area (Å²) in [5.41, 5.74) is 0. The van der Waals surface area contributed by atoms with Crippen LogP contribution in [0.4, 0.5) is 0 Å². The molecule has 3 heteroatoms. The summed E-state index contributed by atoms with van der Waals surface area (Å²) >= 11 is 0. The van der Waals surface area contributed by atoms with Crippen LogP contribution in [-0.2, 0) is 4.79 Å². The van der Waals surface area contributed by atoms with Crippen molar-refractivity contribution in [3.05, 3.63) is 12.3 Å². The number of hydrogen-bond acceptors (Lipinski definition) is 3. The van der Waals surface area contributed by atoms with Crippen molar-refractivity contribution < 1.29 is 4.79 Å². The van der Waals surface area contributed by atoms with E-state index >= 15 is 0 Å². The van der Waals surface area contributed by atoms with E-state index in [1.165, 1.54) is 0 Å². The molecule has 1 atom stereocenters. The van der Waals surface area contributed by atoms with Crippen molar-refractivity contribution in [3.63, 3.8) is 0 Å². The van der Waals surface area contributed by atoms with Gasteiger partial charge in [-0.1, -0.05) is 0 Å². The Morgan fingerprint density at radius 3 is 2.83 bits per heavy atom. The van der Waals surface area contributed by atoms with Crippen LogP contribution in [0.3, 0.4) is 0 Å². The molecule has 0 radical (unpaired) electrons. The molecule has 0 saturated carbocycles. The van der Waals surface area contributed by atoms with Crippen LogP contribution < -0.4 is 5.32 Å². The molecule has 1 aliphatic rings. The van der Waals surface area contributed by atoms with Gasteiger partial charge in [0.05, 0.1) is 0 Å². The largest absolute Gasteiger partial charge is 0.383 e. The minimum absolute atomic E-state index is 0.209. The highest BCUT2D eigenvalue weighted by Crippen LogP contribution is 2.09. The van der Waals surface area contributed by atoms with Crippen molar-refractivity contribution in [2.45, 2.75) is 6.42 Å². The van der Waals surface area contributed by atoms with Gasteiger partial charge < -0.3 is 10.2 Å². The molecule has 1 N–H and O–H groups in total. The first-order valence-corrected chi connectivity index (χ1v) is 4.29. The van der Waals surface area contributed by atoms with Crippen LogP contribution >= 0.6 is 0 Å². The summed E-state index contributed by atoms with van der Waals surface area (Å²) in [6.07, 6.45) is 4.45. The minimum atomic E-state index is 0.209. The Balaban J connectivity index is 2.36. The van der Waals surface area contributed by atoms with E-state index in [0.29, 0.717) is 0 Å². The molecular weight excluding hydrogens is 152 g/mol. The van der Waals surface area contributed by atoms with Crippen LogP contribution in [0.15, 0.2) is 12.3 Å². The van der Waals surface area contributed by atoms with Crippen molar-refractivity contribution in [2.24, 2.45) is 5.92 Å². The predicted octanol–water partition coefficient (Wildman–Crippen LogP) is 0.240. The third-order valence-electron chi connectivity index (χ3n) is 2.00. The Bertz CT molecular complexity index is 181. The SMILES string of the molecule is CN(C)C=CC(=O)C1CCNC1. The quantitative estimate of drug-likeness (QED) is 0.613. The molecule has 1 saturated heterocycles. The van der Waals surface area contributed by atoms with Crippen molar-refractivity contribution in [1.29, 1.82) is 0 Å². The Hall–Kier alpha value is -0.830. The van der Waals surface area contributed by atoms with Crippen LogP contribution in [0.1, 0.15) is 6.42 Å². The van der Waals surface area contributed by atoms with Gasteiger partial charge in [0.2, 0.25) is 0 Å². The summed E-state index contributed by atoms with van der Waals surface area (Å²) < 4.78 is 0. The monoisotopic (exact) mass is 168 g/mol. The third kappa shape index (κ3) is 2.66. The second kappa shape index (κ2) is 4.26. The average Bonchev–Trinajstić information content (AvgIpc) is 2.51. The summed E-state index contributed by atoms with van der Waals surface area (Å²) in [6, 6.07) is 0. The molecule has 0 aromatic heterocycles. The Kier molecular flexibility index (Phi) is 3.29. The molecule has 1 aliphatic heterocycles. The normalized spacial score (nSPS) is 23.3. The van der Waals surface area contributed by atoms with E-state index in [-0.39, 0.29) is 11.7 Å². The lowest BCUT2D eigenvalue weighted by Gasteiger charge is -2.05. The van der Waals surface area contributed by atoms with Crippen LogP contribution in [0.5, 0.6) is 0 Å². The van der Waals surface area contributed by atoms with Gasteiger partial charge in [0, 0.05) is 32.8 Å².